The first-order chi connectivity index (χ1) is 7.76. The van der Waals surface area contributed by atoms with Crippen molar-refractivity contribution >= 4 is 12.1 Å². The molecule has 0 aromatic carbocycles. The van der Waals surface area contributed by atoms with E-state index in [9.17, 15) is 9.59 Å². The van der Waals surface area contributed by atoms with E-state index in [0.717, 1.165) is 0 Å². The van der Waals surface area contributed by atoms with Gasteiger partial charge in [0.2, 0.25) is 0 Å². The molecule has 1 atom stereocenters. The Kier molecular flexibility index (Phi) is 5.84. The molecule has 96 valence electrons. The molecule has 8 nitrogen and oxygen atoms in total. The Hall–Kier alpha value is -1.95. The number of alkyl carbamates (subject to hydrolysis) is 1. The van der Waals surface area contributed by atoms with Crippen molar-refractivity contribution in [1.29, 1.82) is 0 Å². The molecule has 2 N–H and O–H groups in total. The summed E-state index contributed by atoms with van der Waals surface area (Å²) in [5.74, 6) is -1.20. The highest BCUT2D eigenvalue weighted by Gasteiger charge is 2.23. The smallest absolute Gasteiger partial charge is 0.408 e. The lowest BCUT2D eigenvalue weighted by atomic mass is 10.2. The number of hydrogen-bond donors (Lipinski definition) is 2. The van der Waals surface area contributed by atoms with Crippen LogP contribution in [0.5, 0.6) is 0 Å². The zero-order valence-electron chi connectivity index (χ0n) is 10.0. The predicted octanol–water partition coefficient (Wildman–Crippen LogP) is 1.66. The van der Waals surface area contributed by atoms with Crippen molar-refractivity contribution in [3.63, 3.8) is 0 Å². The summed E-state index contributed by atoms with van der Waals surface area (Å²) >= 11 is 0. The van der Waals surface area contributed by atoms with Crippen LogP contribution >= 0.6 is 0 Å². The van der Waals surface area contributed by atoms with Crippen LogP contribution in [0.15, 0.2) is 5.11 Å². The molecule has 0 spiro atoms. The molecule has 1 amide bonds. The van der Waals surface area contributed by atoms with Crippen molar-refractivity contribution in [2.45, 2.75) is 38.8 Å². The van der Waals surface area contributed by atoms with E-state index in [2.05, 4.69) is 15.3 Å². The Morgan fingerprint density at radius 3 is 2.53 bits per heavy atom. The quantitative estimate of drug-likeness (QED) is 0.433. The average Bonchev–Trinajstić information content (AvgIpc) is 2.13. The molecule has 0 bridgehead atoms. The number of carboxylic acid groups (broad SMARTS) is 1. The summed E-state index contributed by atoms with van der Waals surface area (Å²) in [6.07, 6.45) is -0.802. The molecular weight excluding hydrogens is 228 g/mol. The van der Waals surface area contributed by atoms with Crippen LogP contribution in [0, 0.1) is 0 Å². The number of carbonyl (C=O) groups is 2. The van der Waals surface area contributed by atoms with Gasteiger partial charge in [-0.15, -0.1) is 0 Å². The van der Waals surface area contributed by atoms with Gasteiger partial charge in [-0.2, -0.15) is 0 Å². The van der Waals surface area contributed by atoms with E-state index < -0.39 is 23.7 Å². The highest BCUT2D eigenvalue weighted by atomic mass is 16.6. The fourth-order valence-corrected chi connectivity index (χ4v) is 0.939. The van der Waals surface area contributed by atoms with Crippen LogP contribution in [0.4, 0.5) is 4.79 Å². The third kappa shape index (κ3) is 7.92. The molecule has 0 aromatic heterocycles. The van der Waals surface area contributed by atoms with Crippen LogP contribution in [-0.2, 0) is 9.53 Å². The van der Waals surface area contributed by atoms with Crippen molar-refractivity contribution in [3.8, 4) is 0 Å². The van der Waals surface area contributed by atoms with Gasteiger partial charge in [0.25, 0.3) is 0 Å². The average molecular weight is 244 g/mol. The molecule has 0 saturated heterocycles. The van der Waals surface area contributed by atoms with Crippen LogP contribution in [0.25, 0.3) is 10.4 Å². The van der Waals surface area contributed by atoms with E-state index in [1.807, 2.05) is 0 Å². The van der Waals surface area contributed by atoms with Gasteiger partial charge in [0.05, 0.1) is 0 Å². The number of amides is 1. The Balaban J connectivity index is 4.30. The number of carboxylic acids is 1. The molecule has 0 fully saturated rings. The molecule has 0 aromatic rings. The number of rotatable bonds is 5. The molecular formula is C9H16N4O4. The number of aliphatic carboxylic acids is 1. The van der Waals surface area contributed by atoms with Crippen LogP contribution in [0.2, 0.25) is 0 Å². The van der Waals surface area contributed by atoms with Gasteiger partial charge in [-0.1, -0.05) is 5.11 Å². The molecule has 17 heavy (non-hydrogen) atoms. The molecule has 8 heteroatoms. The lowest BCUT2D eigenvalue weighted by molar-refractivity contribution is -0.139. The minimum Gasteiger partial charge on any atom is -0.480 e. The number of nitrogens with zero attached hydrogens (tertiary/aromatic N) is 3. The summed E-state index contributed by atoms with van der Waals surface area (Å²) in [7, 11) is 0. The third-order valence-electron chi connectivity index (χ3n) is 1.57. The summed E-state index contributed by atoms with van der Waals surface area (Å²) in [5.41, 5.74) is 7.35. The van der Waals surface area contributed by atoms with Gasteiger partial charge in [0.1, 0.15) is 11.6 Å². The van der Waals surface area contributed by atoms with E-state index in [1.54, 1.807) is 20.8 Å². The Bertz CT molecular complexity index is 330. The van der Waals surface area contributed by atoms with E-state index in [0.29, 0.717) is 0 Å². The Morgan fingerprint density at radius 2 is 2.12 bits per heavy atom. The number of hydrogen-bond acceptors (Lipinski definition) is 4. The predicted molar refractivity (Wildman–Crippen MR) is 59.4 cm³/mol. The lowest BCUT2D eigenvalue weighted by Crippen LogP contribution is -2.43. The number of nitrogens with one attached hydrogen (secondary N) is 1. The Morgan fingerprint density at radius 1 is 1.53 bits per heavy atom. The molecule has 0 aliphatic heterocycles. The lowest BCUT2D eigenvalue weighted by Gasteiger charge is -2.21. The van der Waals surface area contributed by atoms with Crippen molar-refractivity contribution in [2.75, 3.05) is 6.54 Å². The van der Waals surface area contributed by atoms with Gasteiger partial charge in [-0.3, -0.25) is 0 Å². The van der Waals surface area contributed by atoms with E-state index >= 15 is 0 Å². The molecule has 0 aliphatic carbocycles. The monoisotopic (exact) mass is 244 g/mol. The summed E-state index contributed by atoms with van der Waals surface area (Å²) in [5, 5.41) is 14.2. The molecule has 0 heterocycles. The summed E-state index contributed by atoms with van der Waals surface area (Å²) in [6.45, 7) is 5.00. The second-order valence-corrected chi connectivity index (χ2v) is 4.28. The molecule has 0 radical (unpaired) electrons. The van der Waals surface area contributed by atoms with Crippen LogP contribution in [0.1, 0.15) is 27.2 Å². The highest BCUT2D eigenvalue weighted by Crippen LogP contribution is 2.07. The minimum atomic E-state index is -1.20. The first-order valence-electron chi connectivity index (χ1n) is 4.99. The number of carbonyl (C=O) groups excluding carboxylic acids is 1. The van der Waals surface area contributed by atoms with Gasteiger partial charge in [0, 0.05) is 11.5 Å². The van der Waals surface area contributed by atoms with Crippen molar-refractivity contribution in [1.82, 2.24) is 5.32 Å². The van der Waals surface area contributed by atoms with Crippen molar-refractivity contribution in [3.05, 3.63) is 10.4 Å². The van der Waals surface area contributed by atoms with Crippen molar-refractivity contribution in [2.24, 2.45) is 5.11 Å². The topological polar surface area (TPSA) is 124 Å². The fourth-order valence-electron chi connectivity index (χ4n) is 0.939. The van der Waals surface area contributed by atoms with Crippen LogP contribution < -0.4 is 5.32 Å². The second kappa shape index (κ2) is 6.59. The first-order valence-corrected chi connectivity index (χ1v) is 4.99. The van der Waals surface area contributed by atoms with E-state index in [4.69, 9.17) is 15.4 Å². The van der Waals surface area contributed by atoms with Gasteiger partial charge in [-0.25, -0.2) is 9.59 Å². The van der Waals surface area contributed by atoms with Gasteiger partial charge in [-0.05, 0) is 32.7 Å². The van der Waals surface area contributed by atoms with Crippen molar-refractivity contribution < 1.29 is 19.4 Å². The SMILES string of the molecule is CC(C)(C)OC(=O)N[C@H](CCN=[N+]=[N-])C(=O)O. The Labute approximate surface area is 98.6 Å². The standard InChI is InChI=1S/C9H16N4O4/c1-9(2,3)17-8(16)12-6(7(14)15)4-5-11-13-10/h6H,4-5H2,1-3H3,(H,12,16)(H,14,15)/t6-/m1/s1. The molecule has 0 unspecified atom stereocenters. The minimum absolute atomic E-state index is 0.0107. The molecule has 0 saturated carbocycles. The number of azide groups is 1. The third-order valence-corrected chi connectivity index (χ3v) is 1.57. The molecule has 0 aliphatic rings. The largest absolute Gasteiger partial charge is 0.480 e. The summed E-state index contributed by atoms with van der Waals surface area (Å²) in [4.78, 5) is 24.6. The zero-order chi connectivity index (χ0) is 13.5. The maximum Gasteiger partial charge on any atom is 0.408 e. The molecule has 0 rings (SSSR count). The van der Waals surface area contributed by atoms with Gasteiger partial charge < -0.3 is 15.2 Å². The normalized spacial score (nSPS) is 12.2. The maximum atomic E-state index is 11.3. The van der Waals surface area contributed by atoms with Crippen LogP contribution in [0.3, 0.4) is 0 Å². The van der Waals surface area contributed by atoms with E-state index in [-0.39, 0.29) is 13.0 Å². The van der Waals surface area contributed by atoms with Crippen LogP contribution in [-0.4, -0.2) is 35.4 Å². The maximum absolute atomic E-state index is 11.3. The summed E-state index contributed by atoms with van der Waals surface area (Å²) in [6, 6.07) is -1.13. The van der Waals surface area contributed by atoms with E-state index in [1.165, 1.54) is 0 Å². The first kappa shape index (κ1) is 15.0. The second-order valence-electron chi connectivity index (χ2n) is 4.28. The zero-order valence-corrected chi connectivity index (χ0v) is 10.0. The van der Waals surface area contributed by atoms with Gasteiger partial charge in [0.15, 0.2) is 0 Å². The highest BCUT2D eigenvalue weighted by molar-refractivity contribution is 5.79. The summed E-state index contributed by atoms with van der Waals surface area (Å²) < 4.78 is 4.91. The fraction of sp³-hybridized carbons (Fsp3) is 0.778. The van der Waals surface area contributed by atoms with Gasteiger partial charge >= 0.3 is 12.1 Å². The number of ether oxygens (including phenoxy) is 1.